The van der Waals surface area contributed by atoms with E-state index in [4.69, 9.17) is 11.6 Å². The van der Waals surface area contributed by atoms with E-state index in [9.17, 15) is 18.0 Å². The van der Waals surface area contributed by atoms with Crippen LogP contribution in [0.3, 0.4) is 0 Å². The van der Waals surface area contributed by atoms with E-state index in [1.165, 1.54) is 12.1 Å². The van der Waals surface area contributed by atoms with Crippen molar-refractivity contribution in [2.75, 3.05) is 11.3 Å². The zero-order valence-electron chi connectivity index (χ0n) is 12.6. The summed E-state index contributed by atoms with van der Waals surface area (Å²) in [6, 6.07) is 4.45. The van der Waals surface area contributed by atoms with Crippen molar-refractivity contribution in [1.82, 2.24) is 9.36 Å². The van der Waals surface area contributed by atoms with Crippen LogP contribution in [0, 0.1) is 6.92 Å². The second kappa shape index (κ2) is 7.24. The van der Waals surface area contributed by atoms with Gasteiger partial charge in [0.1, 0.15) is 0 Å². The lowest BCUT2D eigenvalue weighted by Gasteiger charge is -2.08. The van der Waals surface area contributed by atoms with E-state index in [0.29, 0.717) is 22.1 Å². The Morgan fingerprint density at radius 3 is 2.75 bits per heavy atom. The van der Waals surface area contributed by atoms with Crippen LogP contribution in [0.15, 0.2) is 23.1 Å². The number of rotatable bonds is 6. The molecule has 24 heavy (non-hydrogen) atoms. The molecule has 1 N–H and O–H groups in total. The maximum atomic E-state index is 12.4. The Hall–Kier alpha value is -2.04. The highest BCUT2D eigenvalue weighted by molar-refractivity contribution is 7.93. The van der Waals surface area contributed by atoms with Crippen molar-refractivity contribution in [3.63, 3.8) is 0 Å². The smallest absolute Gasteiger partial charge is 0.383 e. The number of benzene rings is 1. The van der Waals surface area contributed by atoms with Crippen LogP contribution in [0.1, 0.15) is 23.1 Å². The van der Waals surface area contributed by atoms with E-state index >= 15 is 0 Å². The van der Waals surface area contributed by atoms with Gasteiger partial charge in [0.15, 0.2) is 0 Å². The largest absolute Gasteiger partial charge is 0.460 e. The van der Waals surface area contributed by atoms with Crippen molar-refractivity contribution in [2.45, 2.75) is 18.7 Å². The molecule has 0 aliphatic heterocycles. The Balaban J connectivity index is 2.24. The van der Waals surface area contributed by atoms with Gasteiger partial charge in [0, 0.05) is 16.6 Å². The molecule has 0 atom stereocenters. The molecule has 2 aromatic rings. The quantitative estimate of drug-likeness (QED) is 0.456. The van der Waals surface area contributed by atoms with Gasteiger partial charge in [0.25, 0.3) is 10.0 Å². The zero-order valence-corrected chi connectivity index (χ0v) is 15.0. The molecule has 2 rings (SSSR count). The molecule has 128 valence electrons. The van der Waals surface area contributed by atoms with Crippen LogP contribution in [0.2, 0.25) is 5.02 Å². The zero-order chi connectivity index (χ0) is 17.9. The summed E-state index contributed by atoms with van der Waals surface area (Å²) in [7, 11) is -3.96. The Morgan fingerprint density at radius 2 is 2.08 bits per heavy atom. The standard InChI is InChI=1S/C13H12ClN3O5S2/c1-3-22-12(19)10(18)11-15-13(23-16-11)17-24(20,21)9-6-4-5-8(14)7(9)2/h4-6H,3H2,1-2H3,(H,15,16,17). The second-order valence-corrected chi connectivity index (χ2v) is 7.25. The summed E-state index contributed by atoms with van der Waals surface area (Å²) >= 11 is 6.55. The lowest BCUT2D eigenvalue weighted by atomic mass is 10.2. The summed E-state index contributed by atoms with van der Waals surface area (Å²) in [6.07, 6.45) is 0. The third-order valence-corrected chi connectivity index (χ3v) is 5.47. The number of nitrogens with one attached hydrogen (secondary N) is 1. The van der Waals surface area contributed by atoms with E-state index < -0.39 is 27.6 Å². The van der Waals surface area contributed by atoms with Crippen LogP contribution in [0.5, 0.6) is 0 Å². The predicted molar refractivity (Wildman–Crippen MR) is 87.9 cm³/mol. The van der Waals surface area contributed by atoms with Crippen molar-refractivity contribution < 1.29 is 22.7 Å². The molecule has 1 aromatic heterocycles. The topological polar surface area (TPSA) is 115 Å². The fourth-order valence-electron chi connectivity index (χ4n) is 1.69. The van der Waals surface area contributed by atoms with Gasteiger partial charge in [0.2, 0.25) is 11.0 Å². The summed E-state index contributed by atoms with van der Waals surface area (Å²) in [5, 5.41) is 0.148. The van der Waals surface area contributed by atoms with Crippen LogP contribution >= 0.6 is 23.1 Å². The molecule has 0 spiro atoms. The van der Waals surface area contributed by atoms with Crippen molar-refractivity contribution >= 4 is 50.0 Å². The van der Waals surface area contributed by atoms with Crippen molar-refractivity contribution in [3.8, 4) is 0 Å². The maximum absolute atomic E-state index is 12.4. The first-order valence-corrected chi connectivity index (χ1v) is 9.22. The number of halogens is 1. The third kappa shape index (κ3) is 3.89. The molecule has 1 heterocycles. The number of esters is 1. The van der Waals surface area contributed by atoms with Crippen LogP contribution in [-0.2, 0) is 19.6 Å². The first kappa shape index (κ1) is 18.3. The van der Waals surface area contributed by atoms with Gasteiger partial charge in [-0.15, -0.1) is 0 Å². The molecule has 1 aromatic carbocycles. The first-order valence-electron chi connectivity index (χ1n) is 6.59. The van der Waals surface area contributed by atoms with Crippen LogP contribution in [0.4, 0.5) is 5.13 Å². The molecule has 8 nitrogen and oxygen atoms in total. The lowest BCUT2D eigenvalue weighted by molar-refractivity contribution is -0.137. The summed E-state index contributed by atoms with van der Waals surface area (Å²) in [5.41, 5.74) is 0.374. The van der Waals surface area contributed by atoms with E-state index in [0.717, 1.165) is 0 Å². The second-order valence-electron chi connectivity index (χ2n) is 4.44. The third-order valence-electron chi connectivity index (χ3n) is 2.82. The van der Waals surface area contributed by atoms with Gasteiger partial charge in [0.05, 0.1) is 11.5 Å². The minimum atomic E-state index is -3.96. The number of aromatic nitrogens is 2. The molecular formula is C13H12ClN3O5S2. The number of ether oxygens (including phenoxy) is 1. The van der Waals surface area contributed by atoms with Crippen molar-refractivity contribution in [1.29, 1.82) is 0 Å². The first-order chi connectivity index (χ1) is 11.3. The Morgan fingerprint density at radius 1 is 1.38 bits per heavy atom. The van der Waals surface area contributed by atoms with Crippen LogP contribution in [-0.4, -0.2) is 36.1 Å². The molecule has 0 saturated heterocycles. The van der Waals surface area contributed by atoms with E-state index in [1.54, 1.807) is 19.9 Å². The highest BCUT2D eigenvalue weighted by Gasteiger charge is 2.25. The molecule has 0 amide bonds. The van der Waals surface area contributed by atoms with Crippen molar-refractivity contribution in [2.24, 2.45) is 0 Å². The number of ketones is 1. The predicted octanol–water partition coefficient (Wildman–Crippen LogP) is 2.05. The number of Topliss-reactive ketones (excluding diaryl/α,β-unsaturated/α-hetero) is 1. The van der Waals surface area contributed by atoms with Crippen LogP contribution in [0.25, 0.3) is 0 Å². The number of carbonyl (C=O) groups is 2. The highest BCUT2D eigenvalue weighted by atomic mass is 35.5. The summed E-state index contributed by atoms with van der Waals surface area (Å²) in [6.45, 7) is 3.14. The summed E-state index contributed by atoms with van der Waals surface area (Å²) in [4.78, 5) is 26.7. The van der Waals surface area contributed by atoms with Gasteiger partial charge in [-0.2, -0.15) is 9.36 Å². The average Bonchev–Trinajstić information content (AvgIpc) is 2.97. The Kier molecular flexibility index (Phi) is 5.52. The van der Waals surface area contributed by atoms with E-state index in [1.807, 2.05) is 0 Å². The molecular weight excluding hydrogens is 378 g/mol. The lowest BCUT2D eigenvalue weighted by Crippen LogP contribution is -2.19. The van der Waals surface area contributed by atoms with Gasteiger partial charge in [-0.3, -0.25) is 9.52 Å². The fourth-order valence-corrected chi connectivity index (χ4v) is 3.98. The van der Waals surface area contributed by atoms with Crippen molar-refractivity contribution in [3.05, 3.63) is 34.6 Å². The highest BCUT2D eigenvalue weighted by Crippen LogP contribution is 2.25. The molecule has 0 unspecified atom stereocenters. The molecule has 0 radical (unpaired) electrons. The minimum Gasteiger partial charge on any atom is -0.460 e. The molecule has 0 aliphatic rings. The number of anilines is 1. The van der Waals surface area contributed by atoms with Gasteiger partial charge in [-0.25, -0.2) is 13.2 Å². The number of nitrogens with zero attached hydrogens (tertiary/aromatic N) is 2. The molecule has 11 heteroatoms. The minimum absolute atomic E-state index is 0.0246. The fraction of sp³-hybridized carbons (Fsp3) is 0.231. The summed E-state index contributed by atoms with van der Waals surface area (Å²) in [5.74, 6) is -2.58. The molecule has 0 aliphatic carbocycles. The van der Waals surface area contributed by atoms with Gasteiger partial charge >= 0.3 is 11.8 Å². The Bertz CT molecular complexity index is 895. The van der Waals surface area contributed by atoms with E-state index in [2.05, 4.69) is 18.8 Å². The maximum Gasteiger partial charge on any atom is 0.383 e. The monoisotopic (exact) mass is 389 g/mol. The number of hydrogen-bond acceptors (Lipinski definition) is 8. The van der Waals surface area contributed by atoms with Gasteiger partial charge in [-0.1, -0.05) is 17.7 Å². The summed E-state index contributed by atoms with van der Waals surface area (Å²) < 4.78 is 35.2. The number of sulfonamides is 1. The Labute approximate surface area is 147 Å². The SMILES string of the molecule is CCOC(=O)C(=O)c1nsc(NS(=O)(=O)c2cccc(Cl)c2C)n1. The van der Waals surface area contributed by atoms with Gasteiger partial charge < -0.3 is 4.74 Å². The van der Waals surface area contributed by atoms with Gasteiger partial charge in [-0.05, 0) is 31.5 Å². The normalized spacial score (nSPS) is 11.1. The van der Waals surface area contributed by atoms with Crippen LogP contribution < -0.4 is 4.72 Å². The molecule has 0 fully saturated rings. The number of hydrogen-bond donors (Lipinski definition) is 1. The average molecular weight is 390 g/mol. The number of carbonyl (C=O) groups excluding carboxylic acids is 2. The molecule has 0 bridgehead atoms. The molecule has 0 saturated carbocycles. The van der Waals surface area contributed by atoms with E-state index in [-0.39, 0.29) is 16.6 Å².